The number of alkyl halides is 1. The van der Waals surface area contributed by atoms with Crippen molar-refractivity contribution in [3.63, 3.8) is 0 Å². The van der Waals surface area contributed by atoms with Gasteiger partial charge < -0.3 is 21.7 Å². The molecule has 0 fully saturated rings. The largest absolute Gasteiger partial charge is 0.478 e. The highest BCUT2D eigenvalue weighted by molar-refractivity contribution is 6.04. The van der Waals surface area contributed by atoms with E-state index in [4.69, 9.17) is 40.5 Å². The van der Waals surface area contributed by atoms with Gasteiger partial charge in [-0.25, -0.2) is 4.79 Å². The molecular formula is C92H90FN13O5. The predicted octanol–water partition coefficient (Wildman–Crippen LogP) is 20.5. The number of carboxylic acid groups (broad SMARTS) is 1. The number of nitrogens with two attached hydrogens (primary N) is 2. The van der Waals surface area contributed by atoms with Crippen LogP contribution in [0.5, 0.6) is 0 Å². The summed E-state index contributed by atoms with van der Waals surface area (Å²) in [5, 5.41) is 33.1. The molecule has 6 N–H and O–H groups in total. The maximum atomic E-state index is 13.1. The highest BCUT2D eigenvalue weighted by Crippen LogP contribution is 2.28. The number of ketones is 2. The fourth-order valence-corrected chi connectivity index (χ4v) is 11.3. The SMILES string of the molecule is C#Cc1cccnc1.Nc1ccc(CCCO)cc1.O=C(Cc1ccc(CCCn2cc(-c3cccnc3)nn2)cc1)c1ccccc1-c1ccccc1.O=C(O)c1ccccc1-c1ccccc1.[2H]CF.[N-]=[N+]=NCCCc1ccc(CC(=O)c2ccccc2-c2ccccc2)cc1.[N-]=[N+]=NCCCc1ccc(N)cc1. The predicted molar refractivity (Wildman–Crippen MR) is 444 cm³/mol. The number of nitrogen functional groups attached to an aromatic ring is 2. The first-order valence-electron chi connectivity index (χ1n) is 36.8. The number of carbonyl (C=O) groups is 3. The average molecular weight is 1480 g/mol. The summed E-state index contributed by atoms with van der Waals surface area (Å²) < 4.78 is 17.4. The number of azide groups is 2. The lowest BCUT2D eigenvalue weighted by molar-refractivity contribution is 0.0697. The van der Waals surface area contributed by atoms with Crippen LogP contribution in [-0.4, -0.2) is 79.6 Å². The van der Waals surface area contributed by atoms with Gasteiger partial charge in [0.05, 0.1) is 20.3 Å². The van der Waals surface area contributed by atoms with Crippen molar-refractivity contribution in [1.29, 1.82) is 0 Å². The monoisotopic (exact) mass is 1480 g/mol. The lowest BCUT2D eigenvalue weighted by Crippen LogP contribution is -2.05. The summed E-state index contributed by atoms with van der Waals surface area (Å²) in [6.07, 6.45) is 21.8. The van der Waals surface area contributed by atoms with E-state index in [1.165, 1.54) is 22.3 Å². The molecule has 13 rings (SSSR count). The van der Waals surface area contributed by atoms with Gasteiger partial charge in [-0.2, -0.15) is 0 Å². The quantitative estimate of drug-likeness (QED) is 0.00751. The molecule has 0 aliphatic carbocycles. The molecule has 0 radical (unpaired) electrons. The maximum Gasteiger partial charge on any atom is 0.336 e. The first kappa shape index (κ1) is 82.8. The summed E-state index contributed by atoms with van der Waals surface area (Å²) in [6.45, 7) is 2.11. The molecule has 0 aliphatic rings. The van der Waals surface area contributed by atoms with Gasteiger partial charge in [0.15, 0.2) is 11.6 Å². The summed E-state index contributed by atoms with van der Waals surface area (Å²) in [5.41, 5.74) is 46.1. The Kier molecular flexibility index (Phi) is 36.6. The lowest BCUT2D eigenvalue weighted by Gasteiger charge is -2.09. The Morgan fingerprint density at radius 3 is 1.22 bits per heavy atom. The minimum atomic E-state index is -1.00. The van der Waals surface area contributed by atoms with Crippen LogP contribution >= 0.6 is 0 Å². The molecule has 0 saturated carbocycles. The number of nitrogens with zero attached hydrogens (tertiary/aromatic N) is 11. The normalized spacial score (nSPS) is 10.0. The van der Waals surface area contributed by atoms with E-state index in [-0.39, 0.29) is 18.2 Å². The van der Waals surface area contributed by atoms with Crippen LogP contribution in [0.2, 0.25) is 0 Å². The molecule has 3 heterocycles. The van der Waals surface area contributed by atoms with Crippen molar-refractivity contribution in [2.45, 2.75) is 70.8 Å². The summed E-state index contributed by atoms with van der Waals surface area (Å²) in [7, 11) is -1.00. The van der Waals surface area contributed by atoms with Gasteiger partial charge in [0.25, 0.3) is 0 Å². The highest BCUT2D eigenvalue weighted by atomic mass is 19.1. The molecule has 560 valence electrons. The number of benzene rings is 10. The molecule has 0 spiro atoms. The Morgan fingerprint density at radius 1 is 0.477 bits per heavy atom. The van der Waals surface area contributed by atoms with Crippen molar-refractivity contribution in [1.82, 2.24) is 25.0 Å². The molecule has 13 aromatic rings. The van der Waals surface area contributed by atoms with E-state index in [0.29, 0.717) is 31.5 Å². The minimum absolute atomic E-state index is 0.116. The Labute approximate surface area is 649 Å². The molecule has 3 aromatic heterocycles. The standard InChI is InChI=1S/C30H26N4O.C23H21N3O.C13H10O2.C9H12N4.C9H13NO.C7H5N.CH3F/c35-30(28-13-5-4-12-27(28)25-9-2-1-3-10-25)20-24-16-14-23(15-17-24)8-7-19-34-22-29(32-33-34)26-11-6-18-31-21-26;24-26-25-16-6-7-18-12-14-19(15-13-18)17-23(27)22-11-5-4-10-21(22)20-8-2-1-3-9-20;14-13(15)12-9-5-4-8-11(12)10-6-2-1-3-7-10;10-9-5-3-8(4-6-9)2-1-7-12-13-11;10-9-5-3-8(4-6-9)2-1-7-11;1-2-7-4-3-5-8-6-7;1-2/h1-6,9-18,21-22H,7-8,19-20H2;1-5,8-15H,6-7,16-17H2;1-9H,(H,14,15);3-6H,1-2,7,10H2;3-6,11H,1-2,7,10H2;1,3-6H;1H3/i;;;;;;1D. The van der Waals surface area contributed by atoms with Gasteiger partial charge in [-0.3, -0.25) is 28.6 Å². The van der Waals surface area contributed by atoms with Gasteiger partial charge in [0.2, 0.25) is 0 Å². The highest BCUT2D eigenvalue weighted by Gasteiger charge is 2.16. The Morgan fingerprint density at radius 2 is 0.838 bits per heavy atom. The zero-order valence-electron chi connectivity index (χ0n) is 62.8. The van der Waals surface area contributed by atoms with Crippen LogP contribution in [0.1, 0.15) is 97.1 Å². The first-order chi connectivity index (χ1) is 54.8. The number of anilines is 2. The number of carbonyl (C=O) groups excluding carboxylic acids is 2. The van der Waals surface area contributed by atoms with Crippen molar-refractivity contribution in [2.75, 3.05) is 38.3 Å². The Balaban J connectivity index is 0.000000199. The number of hydrogen-bond donors (Lipinski definition) is 4. The molecule has 0 amide bonds. The molecule has 111 heavy (non-hydrogen) atoms. The maximum absolute atomic E-state index is 13.1. The first-order valence-corrected chi connectivity index (χ1v) is 36.1. The fourth-order valence-electron chi connectivity index (χ4n) is 11.3. The second kappa shape index (κ2) is 49.1. The van der Waals surface area contributed by atoms with Crippen LogP contribution in [0, 0.1) is 12.3 Å². The van der Waals surface area contributed by atoms with E-state index in [2.05, 4.69) is 70.5 Å². The average Bonchev–Trinajstić information content (AvgIpc) is 1.18. The second-order valence-electron chi connectivity index (χ2n) is 24.9. The number of terminal acetylenes is 1. The summed E-state index contributed by atoms with van der Waals surface area (Å²) >= 11 is 0. The molecule has 0 bridgehead atoms. The lowest BCUT2D eigenvalue weighted by atomic mass is 9.94. The molecule has 0 aliphatic heterocycles. The number of aromatic carboxylic acids is 1. The van der Waals surface area contributed by atoms with Gasteiger partial charge in [0, 0.05) is 107 Å². The molecule has 18 nitrogen and oxygen atoms in total. The molecule has 0 unspecified atom stereocenters. The van der Waals surface area contributed by atoms with Crippen molar-refractivity contribution in [2.24, 2.45) is 10.2 Å². The van der Waals surface area contributed by atoms with Gasteiger partial charge >= 0.3 is 5.97 Å². The number of pyridine rings is 2. The van der Waals surface area contributed by atoms with Gasteiger partial charge in [-0.15, -0.1) is 11.5 Å². The van der Waals surface area contributed by atoms with Crippen molar-refractivity contribution < 1.29 is 30.4 Å². The van der Waals surface area contributed by atoms with E-state index < -0.39 is 13.1 Å². The zero-order valence-corrected chi connectivity index (χ0v) is 61.8. The molecule has 10 aromatic carbocycles. The number of halogens is 1. The van der Waals surface area contributed by atoms with E-state index in [0.717, 1.165) is 142 Å². The number of rotatable bonds is 26. The van der Waals surface area contributed by atoms with Crippen molar-refractivity contribution >= 4 is 28.9 Å². The Hall–Kier alpha value is -13.9. The summed E-state index contributed by atoms with van der Waals surface area (Å²) in [5.74, 6) is 1.82. The number of aliphatic hydroxyl groups is 1. The third-order valence-corrected chi connectivity index (χ3v) is 17.0. The molecule has 0 atom stereocenters. The van der Waals surface area contributed by atoms with Crippen LogP contribution in [-0.2, 0) is 45.1 Å². The van der Waals surface area contributed by atoms with E-state index >= 15 is 0 Å². The second-order valence-corrected chi connectivity index (χ2v) is 24.9. The molecule has 0 saturated heterocycles. The number of carboxylic acids is 1. The molecular weight excluding hydrogens is 1390 g/mol. The number of aliphatic hydroxyl groups excluding tert-OH is 1. The summed E-state index contributed by atoms with van der Waals surface area (Å²) in [4.78, 5) is 50.4. The van der Waals surface area contributed by atoms with Gasteiger partial charge in [-0.1, -0.05) is 252 Å². The number of aromatic nitrogens is 5. The number of hydrogen-bond acceptors (Lipinski definition) is 12. The molecule has 19 heteroatoms. The van der Waals surface area contributed by atoms with Crippen LogP contribution in [0.4, 0.5) is 15.8 Å². The Bertz CT molecular complexity index is 5050. The van der Waals surface area contributed by atoms with E-state index in [1.54, 1.807) is 36.9 Å². The third kappa shape index (κ3) is 30.1. The van der Waals surface area contributed by atoms with Crippen molar-refractivity contribution in [3.8, 4) is 57.0 Å². The topological polar surface area (TPSA) is 298 Å². The van der Waals surface area contributed by atoms with Gasteiger partial charge in [-0.05, 0) is 184 Å². The van der Waals surface area contributed by atoms with E-state index in [9.17, 15) is 18.8 Å². The van der Waals surface area contributed by atoms with Crippen LogP contribution in [0.3, 0.4) is 0 Å². The zero-order chi connectivity index (χ0) is 79.6. The van der Waals surface area contributed by atoms with Crippen LogP contribution in [0.15, 0.2) is 326 Å². The third-order valence-electron chi connectivity index (χ3n) is 17.0. The van der Waals surface area contributed by atoms with Crippen molar-refractivity contribution in [3.05, 3.63) is 393 Å². The van der Waals surface area contributed by atoms with Crippen LogP contribution in [0.25, 0.3) is 65.5 Å². The summed E-state index contributed by atoms with van der Waals surface area (Å²) in [6, 6.07) is 91.7. The number of Topliss-reactive ketones (excluding diaryl/α,β-unsaturated/α-hetero) is 2. The number of aryl methyl sites for hydroxylation is 5. The smallest absolute Gasteiger partial charge is 0.336 e. The fraction of sp³-hybridized carbons (Fsp3) is 0.163. The van der Waals surface area contributed by atoms with Crippen LogP contribution < -0.4 is 11.5 Å². The van der Waals surface area contributed by atoms with E-state index in [1.807, 2.05) is 260 Å². The van der Waals surface area contributed by atoms with Gasteiger partial charge in [0.1, 0.15) is 5.69 Å². The minimum Gasteiger partial charge on any atom is -0.478 e.